The molecule has 1 aliphatic heterocycles. The summed E-state index contributed by atoms with van der Waals surface area (Å²) in [5.74, 6) is 0.0787. The highest BCUT2D eigenvalue weighted by Gasteiger charge is 2.28. The van der Waals surface area contributed by atoms with Gasteiger partial charge in [-0.1, -0.05) is 6.07 Å². The summed E-state index contributed by atoms with van der Waals surface area (Å²) in [5.41, 5.74) is 1.56. The first-order valence-electron chi connectivity index (χ1n) is 11.4. The third-order valence-electron chi connectivity index (χ3n) is 5.70. The first-order chi connectivity index (χ1) is 15.0. The van der Waals surface area contributed by atoms with Crippen LogP contribution in [0.5, 0.6) is 0 Å². The Bertz CT molecular complexity index is 860. The Morgan fingerprint density at radius 2 is 1.91 bits per heavy atom. The lowest BCUT2D eigenvalue weighted by molar-refractivity contribution is 0.0253. The van der Waals surface area contributed by atoms with E-state index in [2.05, 4.69) is 10.6 Å². The molecule has 1 heterocycles. The number of hydrogen-bond donors (Lipinski definition) is 2. The van der Waals surface area contributed by atoms with E-state index in [0.717, 1.165) is 31.2 Å². The number of aryl methyl sites for hydroxylation is 1. The molecule has 0 aromatic heterocycles. The molecule has 0 bridgehead atoms. The van der Waals surface area contributed by atoms with Crippen LogP contribution in [-0.2, 0) is 4.74 Å². The van der Waals surface area contributed by atoms with Crippen LogP contribution in [0.1, 0.15) is 62.4 Å². The van der Waals surface area contributed by atoms with Crippen molar-refractivity contribution in [3.63, 3.8) is 0 Å². The number of ether oxygens (including phenoxy) is 1. The molecule has 1 unspecified atom stereocenters. The Hall–Kier alpha value is -2.77. The predicted molar refractivity (Wildman–Crippen MR) is 124 cm³/mol. The zero-order valence-electron chi connectivity index (χ0n) is 19.9. The highest BCUT2D eigenvalue weighted by atomic mass is 16.6. The fourth-order valence-corrected chi connectivity index (χ4v) is 3.79. The molecule has 176 valence electrons. The maximum atomic E-state index is 13.0. The summed E-state index contributed by atoms with van der Waals surface area (Å²) in [6, 6.07) is 5.48. The van der Waals surface area contributed by atoms with Crippen LogP contribution in [0, 0.1) is 12.8 Å². The minimum atomic E-state index is -0.536. The maximum Gasteiger partial charge on any atom is 0.410 e. The van der Waals surface area contributed by atoms with Gasteiger partial charge in [0.1, 0.15) is 5.60 Å². The van der Waals surface area contributed by atoms with Crippen LogP contribution in [0.15, 0.2) is 18.2 Å². The summed E-state index contributed by atoms with van der Waals surface area (Å²) < 4.78 is 5.43. The van der Waals surface area contributed by atoms with Gasteiger partial charge in [0.15, 0.2) is 0 Å². The average Bonchev–Trinajstić information content (AvgIpc) is 3.52. The van der Waals surface area contributed by atoms with Gasteiger partial charge in [0.25, 0.3) is 5.91 Å². The third kappa shape index (κ3) is 6.87. The van der Waals surface area contributed by atoms with Gasteiger partial charge in [-0.3, -0.25) is 4.79 Å². The van der Waals surface area contributed by atoms with E-state index in [4.69, 9.17) is 4.74 Å². The van der Waals surface area contributed by atoms with Gasteiger partial charge in [0, 0.05) is 44.0 Å². The van der Waals surface area contributed by atoms with E-state index in [0.29, 0.717) is 30.9 Å². The number of amides is 4. The fourth-order valence-electron chi connectivity index (χ4n) is 3.79. The van der Waals surface area contributed by atoms with Crippen molar-refractivity contribution in [2.24, 2.45) is 5.92 Å². The van der Waals surface area contributed by atoms with Gasteiger partial charge in [0.2, 0.25) is 0 Å². The Kier molecular flexibility index (Phi) is 7.31. The van der Waals surface area contributed by atoms with Gasteiger partial charge in [-0.25, -0.2) is 9.59 Å². The minimum absolute atomic E-state index is 0.105. The SMILES string of the molecule is Cc1ccc(C(=O)NC2CC2)cc1NC(=O)N1CCCC(CN(C)C(=O)OC(C)(C)C)C1. The van der Waals surface area contributed by atoms with Crippen molar-refractivity contribution in [3.05, 3.63) is 29.3 Å². The molecule has 1 aliphatic carbocycles. The molecule has 2 N–H and O–H groups in total. The minimum Gasteiger partial charge on any atom is -0.444 e. The van der Waals surface area contributed by atoms with Crippen molar-refractivity contribution in [3.8, 4) is 0 Å². The quantitative estimate of drug-likeness (QED) is 0.718. The molecule has 4 amide bonds. The fraction of sp³-hybridized carbons (Fsp3) is 0.625. The van der Waals surface area contributed by atoms with E-state index < -0.39 is 5.60 Å². The van der Waals surface area contributed by atoms with Crippen LogP contribution in [0.25, 0.3) is 0 Å². The van der Waals surface area contributed by atoms with Crippen molar-refractivity contribution in [1.29, 1.82) is 0 Å². The lowest BCUT2D eigenvalue weighted by Gasteiger charge is -2.35. The van der Waals surface area contributed by atoms with Gasteiger partial charge >= 0.3 is 12.1 Å². The molecule has 3 rings (SSSR count). The van der Waals surface area contributed by atoms with E-state index in [1.165, 1.54) is 0 Å². The van der Waals surface area contributed by atoms with Gasteiger partial charge < -0.3 is 25.2 Å². The van der Waals surface area contributed by atoms with E-state index in [1.807, 2.05) is 33.8 Å². The molecule has 1 atom stereocenters. The lowest BCUT2D eigenvalue weighted by Crippen LogP contribution is -2.46. The number of carbonyl (C=O) groups is 3. The number of anilines is 1. The standard InChI is InChI=1S/C24H36N4O4/c1-16-8-9-18(21(29)25-19-10-11-19)13-20(16)26-22(30)28-12-6-7-17(15-28)14-27(5)23(31)32-24(2,3)4/h8-9,13,17,19H,6-7,10-12,14-15H2,1-5H3,(H,25,29)(H,26,30). The van der Waals surface area contributed by atoms with E-state index in [1.54, 1.807) is 29.0 Å². The second-order valence-corrected chi connectivity index (χ2v) is 10.0. The molecule has 2 fully saturated rings. The smallest absolute Gasteiger partial charge is 0.410 e. The summed E-state index contributed by atoms with van der Waals surface area (Å²) in [6.07, 6.45) is 3.53. The van der Waals surface area contributed by atoms with Gasteiger partial charge in [-0.2, -0.15) is 0 Å². The summed E-state index contributed by atoms with van der Waals surface area (Å²) in [4.78, 5) is 40.9. The van der Waals surface area contributed by atoms with Crippen LogP contribution < -0.4 is 10.6 Å². The zero-order valence-corrected chi connectivity index (χ0v) is 19.9. The monoisotopic (exact) mass is 444 g/mol. The molecule has 1 aromatic rings. The van der Waals surface area contributed by atoms with Crippen LogP contribution >= 0.6 is 0 Å². The number of nitrogens with zero attached hydrogens (tertiary/aromatic N) is 2. The highest BCUT2D eigenvalue weighted by Crippen LogP contribution is 2.23. The van der Waals surface area contributed by atoms with Crippen molar-refractivity contribution in [2.75, 3.05) is 32.0 Å². The Morgan fingerprint density at radius 3 is 2.56 bits per heavy atom. The molecule has 1 aromatic carbocycles. The summed E-state index contributed by atoms with van der Waals surface area (Å²) in [7, 11) is 1.73. The van der Waals surface area contributed by atoms with Crippen molar-refractivity contribution >= 4 is 23.7 Å². The molecule has 0 radical (unpaired) electrons. The second-order valence-electron chi connectivity index (χ2n) is 10.0. The van der Waals surface area contributed by atoms with E-state index in [9.17, 15) is 14.4 Å². The van der Waals surface area contributed by atoms with Crippen LogP contribution in [0.2, 0.25) is 0 Å². The number of carbonyl (C=O) groups excluding carboxylic acids is 3. The van der Waals surface area contributed by atoms with E-state index >= 15 is 0 Å². The summed E-state index contributed by atoms with van der Waals surface area (Å²) in [5, 5.41) is 5.95. The summed E-state index contributed by atoms with van der Waals surface area (Å²) in [6.45, 7) is 9.22. The van der Waals surface area contributed by atoms with Crippen LogP contribution in [0.4, 0.5) is 15.3 Å². The Morgan fingerprint density at radius 1 is 1.19 bits per heavy atom. The maximum absolute atomic E-state index is 13.0. The van der Waals surface area contributed by atoms with Gasteiger partial charge in [-0.15, -0.1) is 0 Å². The zero-order chi connectivity index (χ0) is 23.5. The molecular formula is C24H36N4O4. The number of nitrogens with one attached hydrogen (secondary N) is 2. The van der Waals surface area contributed by atoms with Crippen molar-refractivity contribution in [2.45, 2.75) is 65.0 Å². The molecule has 1 saturated heterocycles. The number of rotatable bonds is 5. The van der Waals surface area contributed by atoms with Crippen LogP contribution in [-0.4, -0.2) is 66.2 Å². The molecule has 8 nitrogen and oxygen atoms in total. The number of urea groups is 1. The van der Waals surface area contributed by atoms with Crippen molar-refractivity contribution in [1.82, 2.24) is 15.1 Å². The third-order valence-corrected chi connectivity index (χ3v) is 5.70. The highest BCUT2D eigenvalue weighted by molar-refractivity contribution is 5.97. The molecule has 0 spiro atoms. The van der Waals surface area contributed by atoms with Crippen molar-refractivity contribution < 1.29 is 19.1 Å². The second kappa shape index (κ2) is 9.79. The lowest BCUT2D eigenvalue weighted by atomic mass is 9.98. The Labute approximate surface area is 190 Å². The first kappa shape index (κ1) is 23.9. The number of likely N-dealkylation sites (tertiary alicyclic amines) is 1. The molecule has 1 saturated carbocycles. The molecule has 32 heavy (non-hydrogen) atoms. The number of piperidine rings is 1. The largest absolute Gasteiger partial charge is 0.444 e. The normalized spacial score (nSPS) is 18.7. The molecular weight excluding hydrogens is 408 g/mol. The molecule has 2 aliphatic rings. The van der Waals surface area contributed by atoms with Gasteiger partial charge in [0.05, 0.1) is 0 Å². The molecule has 8 heteroatoms. The summed E-state index contributed by atoms with van der Waals surface area (Å²) >= 11 is 0. The number of benzene rings is 1. The first-order valence-corrected chi connectivity index (χ1v) is 11.4. The number of hydrogen-bond acceptors (Lipinski definition) is 4. The van der Waals surface area contributed by atoms with Crippen LogP contribution in [0.3, 0.4) is 0 Å². The Balaban J connectivity index is 1.57. The topological polar surface area (TPSA) is 91.0 Å². The van der Waals surface area contributed by atoms with Gasteiger partial charge in [-0.05, 0) is 77.0 Å². The average molecular weight is 445 g/mol. The predicted octanol–water partition coefficient (Wildman–Crippen LogP) is 4.00. The van der Waals surface area contributed by atoms with E-state index in [-0.39, 0.29) is 30.0 Å².